The van der Waals surface area contributed by atoms with Crippen molar-refractivity contribution < 1.29 is 4.74 Å². The fourth-order valence-electron chi connectivity index (χ4n) is 4.96. The van der Waals surface area contributed by atoms with Crippen LogP contribution in [0, 0.1) is 24.2 Å². The monoisotopic (exact) mass is 478 g/mol. The van der Waals surface area contributed by atoms with E-state index in [-0.39, 0.29) is 0 Å². The van der Waals surface area contributed by atoms with Crippen LogP contribution in [0.5, 0.6) is 5.88 Å². The molecule has 6 rings (SSSR count). The molecule has 1 atom stereocenters. The second-order valence-corrected chi connectivity index (χ2v) is 9.89. The van der Waals surface area contributed by atoms with Crippen LogP contribution >= 0.6 is 0 Å². The van der Waals surface area contributed by atoms with E-state index in [1.54, 1.807) is 0 Å². The van der Waals surface area contributed by atoms with Gasteiger partial charge in [-0.25, -0.2) is 9.97 Å². The topological polar surface area (TPSA) is 78.5 Å². The van der Waals surface area contributed by atoms with Crippen molar-refractivity contribution in [3.05, 3.63) is 71.5 Å². The van der Waals surface area contributed by atoms with Crippen LogP contribution in [0.15, 0.2) is 54.7 Å². The summed E-state index contributed by atoms with van der Waals surface area (Å²) < 4.78 is 8.53. The van der Waals surface area contributed by atoms with Gasteiger partial charge in [0.05, 0.1) is 35.3 Å². The van der Waals surface area contributed by atoms with E-state index in [9.17, 15) is 5.26 Å². The molecular formula is C29H30N6O. The smallest absolute Gasteiger partial charge is 0.259 e. The lowest BCUT2D eigenvalue weighted by Gasteiger charge is -2.29. The Morgan fingerprint density at radius 3 is 2.50 bits per heavy atom. The highest BCUT2D eigenvalue weighted by Crippen LogP contribution is 2.36. The van der Waals surface area contributed by atoms with Gasteiger partial charge in [0, 0.05) is 36.3 Å². The first-order chi connectivity index (χ1) is 17.7. The maximum absolute atomic E-state index is 9.31. The Morgan fingerprint density at radius 1 is 1.06 bits per heavy atom. The summed E-state index contributed by atoms with van der Waals surface area (Å²) in [6.07, 6.45) is 4.49. The summed E-state index contributed by atoms with van der Waals surface area (Å²) in [5.74, 6) is 1.03. The highest BCUT2D eigenvalue weighted by atomic mass is 16.5. The van der Waals surface area contributed by atoms with Gasteiger partial charge in [0.25, 0.3) is 5.88 Å². The number of benzene rings is 2. The number of rotatable bonds is 7. The first kappa shape index (κ1) is 22.7. The van der Waals surface area contributed by atoms with Crippen molar-refractivity contribution in [3.8, 4) is 34.5 Å². The first-order valence-electron chi connectivity index (χ1n) is 12.7. The summed E-state index contributed by atoms with van der Waals surface area (Å²) in [5, 5.41) is 12.7. The lowest BCUT2D eigenvalue weighted by atomic mass is 10.0. The van der Waals surface area contributed by atoms with E-state index in [4.69, 9.17) is 14.7 Å². The molecule has 2 aromatic carbocycles. The molecule has 2 fully saturated rings. The van der Waals surface area contributed by atoms with Crippen LogP contribution in [0.1, 0.15) is 29.7 Å². The number of nitrogens with one attached hydrogen (secondary N) is 1. The van der Waals surface area contributed by atoms with Crippen molar-refractivity contribution in [3.63, 3.8) is 0 Å². The van der Waals surface area contributed by atoms with Crippen LogP contribution in [-0.4, -0.2) is 52.1 Å². The number of aryl methyl sites for hydroxylation is 1. The average molecular weight is 479 g/mol. The molecule has 4 heterocycles. The third-order valence-corrected chi connectivity index (χ3v) is 7.19. The lowest BCUT2D eigenvalue weighted by molar-refractivity contribution is 0.171. The Balaban J connectivity index is 1.53. The number of nitrogens with zero attached hydrogens (tertiary/aromatic N) is 5. The van der Waals surface area contributed by atoms with Crippen molar-refractivity contribution in [2.75, 3.05) is 32.8 Å². The lowest BCUT2D eigenvalue weighted by Crippen LogP contribution is -2.36. The summed E-state index contributed by atoms with van der Waals surface area (Å²) in [5.41, 5.74) is 7.42. The predicted molar refractivity (Wildman–Crippen MR) is 140 cm³/mol. The standard InChI is InChI=1S/C29H30N6O/c1-20-3-7-24(8-4-20)27-26(23-9-5-21(15-30)6-10-23)33-29(36-19-22-11-12-31-16-22)28-32-25(18-35(27)28)17-34-13-2-14-34/h3-10,18,22,31H,2,11-14,16-17,19H2,1H3/t22-/m1/s1. The molecule has 1 N–H and O–H groups in total. The molecule has 4 aromatic rings. The van der Waals surface area contributed by atoms with E-state index in [0.717, 1.165) is 73.0 Å². The van der Waals surface area contributed by atoms with Crippen molar-refractivity contribution in [1.29, 1.82) is 5.26 Å². The van der Waals surface area contributed by atoms with Gasteiger partial charge >= 0.3 is 0 Å². The first-order valence-corrected chi connectivity index (χ1v) is 12.7. The Labute approximate surface area is 211 Å². The van der Waals surface area contributed by atoms with Crippen LogP contribution in [0.25, 0.3) is 28.2 Å². The Hall–Kier alpha value is -3.73. The van der Waals surface area contributed by atoms with Gasteiger partial charge in [0.1, 0.15) is 0 Å². The predicted octanol–water partition coefficient (Wildman–Crippen LogP) is 4.44. The zero-order valence-corrected chi connectivity index (χ0v) is 20.6. The minimum absolute atomic E-state index is 0.470. The number of aromatic nitrogens is 3. The van der Waals surface area contributed by atoms with E-state index in [1.807, 2.05) is 24.3 Å². The molecule has 0 saturated carbocycles. The fraction of sp³-hybridized carbons (Fsp3) is 0.345. The fourth-order valence-corrected chi connectivity index (χ4v) is 4.96. The minimum Gasteiger partial charge on any atom is -0.475 e. The van der Waals surface area contributed by atoms with E-state index < -0.39 is 0 Å². The maximum Gasteiger partial charge on any atom is 0.259 e. The van der Waals surface area contributed by atoms with Gasteiger partial charge in [-0.2, -0.15) is 5.26 Å². The van der Waals surface area contributed by atoms with E-state index in [2.05, 4.69) is 58.1 Å². The molecule has 0 aliphatic carbocycles. The average Bonchev–Trinajstić information content (AvgIpc) is 3.55. The van der Waals surface area contributed by atoms with Crippen molar-refractivity contribution >= 4 is 5.65 Å². The van der Waals surface area contributed by atoms with Crippen LogP contribution < -0.4 is 10.1 Å². The maximum atomic E-state index is 9.31. The van der Waals surface area contributed by atoms with Crippen LogP contribution in [0.3, 0.4) is 0 Å². The summed E-state index contributed by atoms with van der Waals surface area (Å²) in [7, 11) is 0. The number of fused-ring (bicyclic) bond motifs is 1. The Bertz CT molecular complexity index is 1410. The number of ether oxygens (including phenoxy) is 1. The van der Waals surface area contributed by atoms with Gasteiger partial charge in [0.2, 0.25) is 5.65 Å². The zero-order valence-electron chi connectivity index (χ0n) is 20.6. The van der Waals surface area contributed by atoms with Gasteiger partial charge in [-0.3, -0.25) is 9.30 Å². The number of hydrogen-bond acceptors (Lipinski definition) is 6. The Morgan fingerprint density at radius 2 is 1.83 bits per heavy atom. The molecule has 2 aromatic heterocycles. The SMILES string of the molecule is Cc1ccc(-c2c(-c3ccc(C#N)cc3)nc(OC[C@@H]3CCNC3)c3nc(CN4CCC4)cn23)cc1. The summed E-state index contributed by atoms with van der Waals surface area (Å²) in [6, 6.07) is 18.3. The Kier molecular flexibility index (Phi) is 6.14. The van der Waals surface area contributed by atoms with Gasteiger partial charge in [-0.1, -0.05) is 42.0 Å². The molecule has 2 saturated heterocycles. The summed E-state index contributed by atoms with van der Waals surface area (Å²) in [4.78, 5) is 12.5. The molecule has 0 radical (unpaired) electrons. The quantitative estimate of drug-likeness (QED) is 0.423. The summed E-state index contributed by atoms with van der Waals surface area (Å²) >= 11 is 0. The second-order valence-electron chi connectivity index (χ2n) is 9.89. The van der Waals surface area contributed by atoms with Gasteiger partial charge < -0.3 is 10.1 Å². The molecule has 0 bridgehead atoms. The molecule has 2 aliphatic rings. The van der Waals surface area contributed by atoms with E-state index in [1.165, 1.54) is 12.0 Å². The number of hydrogen-bond donors (Lipinski definition) is 1. The molecule has 7 nitrogen and oxygen atoms in total. The van der Waals surface area contributed by atoms with Crippen LogP contribution in [0.4, 0.5) is 0 Å². The van der Waals surface area contributed by atoms with Crippen LogP contribution in [0.2, 0.25) is 0 Å². The van der Waals surface area contributed by atoms with Crippen LogP contribution in [-0.2, 0) is 6.54 Å². The molecular weight excluding hydrogens is 448 g/mol. The molecule has 182 valence electrons. The van der Waals surface area contributed by atoms with Gasteiger partial charge in [-0.15, -0.1) is 0 Å². The normalized spacial score (nSPS) is 17.7. The van der Waals surface area contributed by atoms with E-state index >= 15 is 0 Å². The third kappa shape index (κ3) is 4.46. The third-order valence-electron chi connectivity index (χ3n) is 7.19. The highest BCUT2D eigenvalue weighted by molar-refractivity contribution is 5.82. The second kappa shape index (κ2) is 9.73. The molecule has 0 unspecified atom stereocenters. The van der Waals surface area contributed by atoms with E-state index in [0.29, 0.717) is 24.0 Å². The minimum atomic E-state index is 0.470. The van der Waals surface area contributed by atoms with Gasteiger partial charge in [-0.05, 0) is 51.5 Å². The largest absolute Gasteiger partial charge is 0.475 e. The zero-order chi connectivity index (χ0) is 24.5. The molecule has 7 heteroatoms. The molecule has 2 aliphatic heterocycles. The number of imidazole rings is 1. The molecule has 0 spiro atoms. The highest BCUT2D eigenvalue weighted by Gasteiger charge is 2.24. The van der Waals surface area contributed by atoms with Crippen molar-refractivity contribution in [2.45, 2.75) is 26.3 Å². The number of nitriles is 1. The summed E-state index contributed by atoms with van der Waals surface area (Å²) in [6.45, 7) is 7.76. The van der Waals surface area contributed by atoms with Crippen molar-refractivity contribution in [1.82, 2.24) is 24.6 Å². The van der Waals surface area contributed by atoms with Crippen molar-refractivity contribution in [2.24, 2.45) is 5.92 Å². The molecule has 36 heavy (non-hydrogen) atoms. The number of likely N-dealkylation sites (tertiary alicyclic amines) is 1. The van der Waals surface area contributed by atoms with Gasteiger partial charge in [0.15, 0.2) is 0 Å². The molecule has 0 amide bonds.